The van der Waals surface area contributed by atoms with Crippen LogP contribution < -0.4 is 5.32 Å². The minimum absolute atomic E-state index is 0.321. The monoisotopic (exact) mass is 206 g/mol. The minimum atomic E-state index is 0.321. The van der Waals surface area contributed by atoms with Crippen molar-refractivity contribution in [1.29, 1.82) is 0 Å². The highest BCUT2D eigenvalue weighted by molar-refractivity contribution is 5.09. The van der Waals surface area contributed by atoms with Crippen LogP contribution in [0.3, 0.4) is 0 Å². The van der Waals surface area contributed by atoms with E-state index in [0.29, 0.717) is 11.5 Å². The van der Waals surface area contributed by atoms with Gasteiger partial charge in [0.1, 0.15) is 0 Å². The third-order valence-corrected chi connectivity index (χ3v) is 2.76. The maximum atomic E-state index is 4.01. The van der Waals surface area contributed by atoms with Gasteiger partial charge in [0.05, 0.1) is 0 Å². The Bertz CT molecular complexity index is 274. The number of nitrogens with one attached hydrogen (secondary N) is 1. The van der Waals surface area contributed by atoms with E-state index in [9.17, 15) is 0 Å². The van der Waals surface area contributed by atoms with Gasteiger partial charge in [0.2, 0.25) is 0 Å². The highest BCUT2D eigenvalue weighted by Gasteiger charge is 2.21. The molecule has 15 heavy (non-hydrogen) atoms. The van der Waals surface area contributed by atoms with E-state index in [-0.39, 0.29) is 0 Å². The molecule has 84 valence electrons. The molecule has 0 radical (unpaired) electrons. The van der Waals surface area contributed by atoms with Crippen molar-refractivity contribution in [2.75, 3.05) is 0 Å². The SMILES string of the molecule is CCC(NCc1ccncc1)C(C)(C)C. The Balaban J connectivity index is 2.49. The van der Waals surface area contributed by atoms with Crippen LogP contribution in [0.4, 0.5) is 0 Å². The first-order valence-corrected chi connectivity index (χ1v) is 5.66. The van der Waals surface area contributed by atoms with Crippen LogP contribution >= 0.6 is 0 Å². The second-order valence-corrected chi connectivity index (χ2v) is 5.06. The Hall–Kier alpha value is -0.890. The van der Waals surface area contributed by atoms with E-state index in [1.54, 1.807) is 0 Å². The van der Waals surface area contributed by atoms with Crippen molar-refractivity contribution in [3.05, 3.63) is 30.1 Å². The second-order valence-electron chi connectivity index (χ2n) is 5.06. The van der Waals surface area contributed by atoms with Crippen molar-refractivity contribution in [3.63, 3.8) is 0 Å². The average molecular weight is 206 g/mol. The molecule has 1 aromatic rings. The molecule has 0 saturated carbocycles. The largest absolute Gasteiger partial charge is 0.309 e. The summed E-state index contributed by atoms with van der Waals surface area (Å²) in [7, 11) is 0. The molecule has 0 saturated heterocycles. The number of aromatic nitrogens is 1. The van der Waals surface area contributed by atoms with Gasteiger partial charge in [-0.25, -0.2) is 0 Å². The van der Waals surface area contributed by atoms with E-state index in [4.69, 9.17) is 0 Å². The van der Waals surface area contributed by atoms with Crippen LogP contribution in [0.5, 0.6) is 0 Å². The highest BCUT2D eigenvalue weighted by atomic mass is 14.9. The zero-order valence-electron chi connectivity index (χ0n) is 10.2. The standard InChI is InChI=1S/C13H22N2/c1-5-12(13(2,3)4)15-10-11-6-8-14-9-7-11/h6-9,12,15H,5,10H2,1-4H3. The predicted molar refractivity (Wildman–Crippen MR) is 64.6 cm³/mol. The first-order valence-electron chi connectivity index (χ1n) is 5.66. The molecule has 1 rings (SSSR count). The molecule has 1 atom stereocenters. The Kier molecular flexibility index (Phi) is 4.28. The van der Waals surface area contributed by atoms with Crippen molar-refractivity contribution < 1.29 is 0 Å². The van der Waals surface area contributed by atoms with Crippen molar-refractivity contribution in [3.8, 4) is 0 Å². The Morgan fingerprint density at radius 1 is 1.27 bits per heavy atom. The summed E-state index contributed by atoms with van der Waals surface area (Å²) in [4.78, 5) is 4.01. The quantitative estimate of drug-likeness (QED) is 0.819. The molecule has 0 aliphatic heterocycles. The lowest BCUT2D eigenvalue weighted by molar-refractivity contribution is 0.259. The summed E-state index contributed by atoms with van der Waals surface area (Å²) in [5.41, 5.74) is 1.62. The lowest BCUT2D eigenvalue weighted by Gasteiger charge is -2.30. The topological polar surface area (TPSA) is 24.9 Å². The first-order chi connectivity index (χ1) is 7.04. The van der Waals surface area contributed by atoms with Crippen LogP contribution in [0.1, 0.15) is 39.7 Å². The molecule has 0 amide bonds. The molecule has 0 aromatic carbocycles. The van der Waals surface area contributed by atoms with Gasteiger partial charge >= 0.3 is 0 Å². The smallest absolute Gasteiger partial charge is 0.0271 e. The summed E-state index contributed by atoms with van der Waals surface area (Å²) in [6.07, 6.45) is 4.85. The van der Waals surface area contributed by atoms with Crippen molar-refractivity contribution in [2.45, 2.75) is 46.7 Å². The normalized spacial score (nSPS) is 13.9. The van der Waals surface area contributed by atoms with Gasteiger partial charge in [-0.2, -0.15) is 0 Å². The van der Waals surface area contributed by atoms with E-state index < -0.39 is 0 Å². The Morgan fingerprint density at radius 3 is 2.33 bits per heavy atom. The molecule has 1 aromatic heterocycles. The fourth-order valence-electron chi connectivity index (χ4n) is 1.80. The van der Waals surface area contributed by atoms with Gasteiger partial charge in [0.25, 0.3) is 0 Å². The van der Waals surface area contributed by atoms with E-state index in [1.807, 2.05) is 12.4 Å². The van der Waals surface area contributed by atoms with Gasteiger partial charge in [0, 0.05) is 25.0 Å². The summed E-state index contributed by atoms with van der Waals surface area (Å²) in [6.45, 7) is 10.00. The number of pyridine rings is 1. The number of rotatable bonds is 4. The van der Waals surface area contributed by atoms with Gasteiger partial charge in [-0.05, 0) is 29.5 Å². The van der Waals surface area contributed by atoms with E-state index in [2.05, 4.69) is 50.1 Å². The molecule has 1 heterocycles. The summed E-state index contributed by atoms with van der Waals surface area (Å²) in [5.74, 6) is 0. The van der Waals surface area contributed by atoms with Crippen LogP contribution in [0.25, 0.3) is 0 Å². The van der Waals surface area contributed by atoms with Crippen LogP contribution in [-0.4, -0.2) is 11.0 Å². The van der Waals surface area contributed by atoms with Crippen LogP contribution in [0.15, 0.2) is 24.5 Å². The maximum Gasteiger partial charge on any atom is 0.0271 e. The highest BCUT2D eigenvalue weighted by Crippen LogP contribution is 2.21. The van der Waals surface area contributed by atoms with Crippen molar-refractivity contribution >= 4 is 0 Å². The minimum Gasteiger partial charge on any atom is -0.309 e. The molecule has 2 heteroatoms. The van der Waals surface area contributed by atoms with Gasteiger partial charge in [0.15, 0.2) is 0 Å². The second kappa shape index (κ2) is 5.26. The molecule has 0 spiro atoms. The van der Waals surface area contributed by atoms with Gasteiger partial charge in [-0.1, -0.05) is 27.7 Å². The zero-order chi connectivity index (χ0) is 11.3. The summed E-state index contributed by atoms with van der Waals surface area (Å²) in [6, 6.07) is 4.68. The predicted octanol–water partition coefficient (Wildman–Crippen LogP) is 3.00. The number of hydrogen-bond donors (Lipinski definition) is 1. The lowest BCUT2D eigenvalue weighted by Crippen LogP contribution is -2.39. The number of nitrogens with zero attached hydrogens (tertiary/aromatic N) is 1. The summed E-state index contributed by atoms with van der Waals surface area (Å²) in [5, 5.41) is 3.60. The van der Waals surface area contributed by atoms with E-state index in [0.717, 1.165) is 13.0 Å². The van der Waals surface area contributed by atoms with Crippen molar-refractivity contribution in [2.24, 2.45) is 5.41 Å². The molecule has 0 bridgehead atoms. The van der Waals surface area contributed by atoms with Gasteiger partial charge < -0.3 is 5.32 Å². The molecule has 0 aliphatic carbocycles. The van der Waals surface area contributed by atoms with Crippen LogP contribution in [0, 0.1) is 5.41 Å². The molecule has 2 nitrogen and oxygen atoms in total. The zero-order valence-corrected chi connectivity index (χ0v) is 10.2. The molecule has 0 aliphatic rings. The van der Waals surface area contributed by atoms with E-state index >= 15 is 0 Å². The summed E-state index contributed by atoms with van der Waals surface area (Å²) < 4.78 is 0. The third-order valence-electron chi connectivity index (χ3n) is 2.76. The molecule has 1 N–H and O–H groups in total. The van der Waals surface area contributed by atoms with Crippen LogP contribution in [-0.2, 0) is 6.54 Å². The van der Waals surface area contributed by atoms with E-state index in [1.165, 1.54) is 5.56 Å². The van der Waals surface area contributed by atoms with Crippen molar-refractivity contribution in [1.82, 2.24) is 10.3 Å². The fourth-order valence-corrected chi connectivity index (χ4v) is 1.80. The maximum absolute atomic E-state index is 4.01. The average Bonchev–Trinajstić information content (AvgIpc) is 2.18. The lowest BCUT2D eigenvalue weighted by atomic mass is 9.85. The third kappa shape index (κ3) is 4.00. The van der Waals surface area contributed by atoms with Gasteiger partial charge in [-0.3, -0.25) is 4.98 Å². The first kappa shape index (κ1) is 12.2. The Morgan fingerprint density at radius 2 is 1.87 bits per heavy atom. The number of hydrogen-bond acceptors (Lipinski definition) is 2. The van der Waals surface area contributed by atoms with Crippen LogP contribution in [0.2, 0.25) is 0 Å². The van der Waals surface area contributed by atoms with Gasteiger partial charge in [-0.15, -0.1) is 0 Å². The fraction of sp³-hybridized carbons (Fsp3) is 0.615. The molecule has 0 fully saturated rings. The molecule has 1 unspecified atom stereocenters. The Labute approximate surface area is 93.1 Å². The molecular weight excluding hydrogens is 184 g/mol. The molecular formula is C13H22N2. The summed E-state index contributed by atoms with van der Waals surface area (Å²) >= 11 is 0.